The molecular weight excluding hydrogens is 402 g/mol. The molecule has 30 heavy (non-hydrogen) atoms. The Morgan fingerprint density at radius 2 is 2.00 bits per heavy atom. The number of nitrogens with zero attached hydrogens (tertiary/aromatic N) is 3. The number of para-hydroxylation sites is 1. The van der Waals surface area contributed by atoms with E-state index in [2.05, 4.69) is 4.98 Å². The molecule has 152 valence electrons. The summed E-state index contributed by atoms with van der Waals surface area (Å²) in [5.41, 5.74) is 2.70. The smallest absolute Gasteiger partial charge is 0.273 e. The van der Waals surface area contributed by atoms with E-state index in [1.165, 1.54) is 0 Å². The number of piperazine rings is 1. The maximum absolute atomic E-state index is 13.2. The first-order chi connectivity index (χ1) is 14.5. The molecule has 0 aliphatic carbocycles. The average molecular weight is 422 g/mol. The summed E-state index contributed by atoms with van der Waals surface area (Å²) < 4.78 is 5.47. The quantitative estimate of drug-likeness (QED) is 0.644. The molecule has 3 aromatic rings. The van der Waals surface area contributed by atoms with Gasteiger partial charge in [-0.1, -0.05) is 35.9 Å². The summed E-state index contributed by atoms with van der Waals surface area (Å²) in [6.07, 6.45) is 0.600. The number of methoxy groups -OCH3 is 1. The number of carbonyl (C=O) groups is 2. The molecule has 2 fully saturated rings. The van der Waals surface area contributed by atoms with Gasteiger partial charge in [-0.2, -0.15) is 0 Å². The number of rotatable bonds is 3. The summed E-state index contributed by atoms with van der Waals surface area (Å²) >= 11 is 6.22. The van der Waals surface area contributed by atoms with Gasteiger partial charge < -0.3 is 14.5 Å². The fraction of sp³-hybridized carbons (Fsp3) is 0.261. The van der Waals surface area contributed by atoms with Gasteiger partial charge in [-0.15, -0.1) is 0 Å². The van der Waals surface area contributed by atoms with Crippen LogP contribution in [-0.2, 0) is 4.79 Å². The first-order valence-electron chi connectivity index (χ1n) is 9.82. The molecule has 7 heteroatoms. The molecule has 2 aliphatic rings. The van der Waals surface area contributed by atoms with Crippen LogP contribution in [0.3, 0.4) is 0 Å². The number of pyridine rings is 1. The monoisotopic (exact) mass is 421 g/mol. The Kier molecular flexibility index (Phi) is 4.40. The summed E-state index contributed by atoms with van der Waals surface area (Å²) in [6.45, 7) is 2.36. The number of likely N-dealkylation sites (tertiary alicyclic amines) is 1. The molecule has 2 aliphatic heterocycles. The number of aryl methyl sites for hydroxylation is 1. The van der Waals surface area contributed by atoms with Crippen molar-refractivity contribution in [2.24, 2.45) is 0 Å². The normalized spacial score (nSPS) is 20.3. The molecule has 0 unspecified atom stereocenters. The zero-order valence-electron chi connectivity index (χ0n) is 16.6. The molecule has 2 bridgehead atoms. The van der Waals surface area contributed by atoms with Gasteiger partial charge >= 0.3 is 0 Å². The van der Waals surface area contributed by atoms with E-state index in [-0.39, 0.29) is 17.9 Å². The van der Waals surface area contributed by atoms with Crippen molar-refractivity contribution in [3.05, 3.63) is 64.8 Å². The number of hydrogen-bond acceptors (Lipinski definition) is 4. The third-order valence-electron chi connectivity index (χ3n) is 5.96. The molecule has 0 spiro atoms. The second-order valence-electron chi connectivity index (χ2n) is 7.73. The maximum Gasteiger partial charge on any atom is 0.273 e. The van der Waals surface area contributed by atoms with Gasteiger partial charge in [0.15, 0.2) is 0 Å². The first kappa shape index (κ1) is 18.9. The van der Waals surface area contributed by atoms with Crippen molar-refractivity contribution in [3.63, 3.8) is 0 Å². The highest BCUT2D eigenvalue weighted by Crippen LogP contribution is 2.42. The largest absolute Gasteiger partial charge is 0.495 e. The van der Waals surface area contributed by atoms with Gasteiger partial charge in [0.05, 0.1) is 24.4 Å². The molecular formula is C23H20ClN3O3. The van der Waals surface area contributed by atoms with Gasteiger partial charge in [-0.25, -0.2) is 4.98 Å². The topological polar surface area (TPSA) is 62.7 Å². The molecule has 5 rings (SSSR count). The van der Waals surface area contributed by atoms with Crippen LogP contribution < -0.4 is 9.64 Å². The predicted octanol–water partition coefficient (Wildman–Crippen LogP) is 3.84. The Hall–Kier alpha value is -3.12. The SMILES string of the molecule is COc1cc(Cl)c(C)cc1N1C(=O)[C@@H]2C[C@H]1CN2C(=O)c1ccc2ccccc2n1. The van der Waals surface area contributed by atoms with E-state index in [1.54, 1.807) is 29.0 Å². The highest BCUT2D eigenvalue weighted by atomic mass is 35.5. The van der Waals surface area contributed by atoms with Crippen LogP contribution in [0.5, 0.6) is 5.75 Å². The minimum Gasteiger partial charge on any atom is -0.495 e. The Morgan fingerprint density at radius 3 is 2.77 bits per heavy atom. The van der Waals surface area contributed by atoms with Crippen molar-refractivity contribution in [2.75, 3.05) is 18.6 Å². The zero-order chi connectivity index (χ0) is 21.0. The van der Waals surface area contributed by atoms with E-state index in [9.17, 15) is 9.59 Å². The molecule has 2 amide bonds. The van der Waals surface area contributed by atoms with Crippen LogP contribution in [0.4, 0.5) is 5.69 Å². The van der Waals surface area contributed by atoms with Crippen molar-refractivity contribution in [1.29, 1.82) is 0 Å². The number of aromatic nitrogens is 1. The van der Waals surface area contributed by atoms with Gasteiger partial charge in [0.2, 0.25) is 5.91 Å². The van der Waals surface area contributed by atoms with E-state index in [0.717, 1.165) is 16.5 Å². The third kappa shape index (κ3) is 2.82. The van der Waals surface area contributed by atoms with Crippen molar-refractivity contribution in [1.82, 2.24) is 9.88 Å². The van der Waals surface area contributed by atoms with E-state index in [4.69, 9.17) is 16.3 Å². The van der Waals surface area contributed by atoms with Crippen molar-refractivity contribution >= 4 is 40.0 Å². The Balaban J connectivity index is 1.43. The number of ether oxygens (including phenoxy) is 1. The third-order valence-corrected chi connectivity index (χ3v) is 6.37. The van der Waals surface area contributed by atoms with Crippen LogP contribution in [0.25, 0.3) is 10.9 Å². The zero-order valence-corrected chi connectivity index (χ0v) is 17.4. The summed E-state index contributed by atoms with van der Waals surface area (Å²) in [4.78, 5) is 34.3. The van der Waals surface area contributed by atoms with Crippen LogP contribution in [0.1, 0.15) is 22.5 Å². The first-order valence-corrected chi connectivity index (χ1v) is 10.2. The van der Waals surface area contributed by atoms with E-state index < -0.39 is 6.04 Å². The Bertz CT molecular complexity index is 1200. The number of anilines is 1. The summed E-state index contributed by atoms with van der Waals surface area (Å²) in [5.74, 6) is 0.251. The number of halogens is 1. The lowest BCUT2D eigenvalue weighted by atomic mass is 10.1. The van der Waals surface area contributed by atoms with Crippen LogP contribution in [0, 0.1) is 6.92 Å². The van der Waals surface area contributed by atoms with E-state index in [0.29, 0.717) is 35.1 Å². The van der Waals surface area contributed by atoms with Gasteiger partial charge in [0, 0.05) is 23.0 Å². The molecule has 0 N–H and O–H groups in total. The minimum absolute atomic E-state index is 0.0959. The Labute approximate surface area is 179 Å². The number of benzene rings is 2. The standard InChI is InChI=1S/C23H20ClN3O3/c1-13-9-19(21(30-2)11-16(13)24)27-15-10-20(23(27)29)26(12-15)22(28)18-8-7-14-5-3-4-6-17(14)25-18/h3-9,11,15,20H,10,12H2,1-2H3/t15-,20-/m0/s1. The molecule has 6 nitrogen and oxygen atoms in total. The van der Waals surface area contributed by atoms with E-state index in [1.807, 2.05) is 43.3 Å². The van der Waals surface area contributed by atoms with Gasteiger partial charge in [0.25, 0.3) is 5.91 Å². The highest BCUT2D eigenvalue weighted by Gasteiger charge is 2.52. The fourth-order valence-corrected chi connectivity index (χ4v) is 4.60. The number of hydrogen-bond donors (Lipinski definition) is 0. The lowest BCUT2D eigenvalue weighted by Gasteiger charge is -2.34. The van der Waals surface area contributed by atoms with Crippen LogP contribution in [-0.4, -0.2) is 47.4 Å². The number of amides is 2. The number of fused-ring (bicyclic) bond motifs is 3. The van der Waals surface area contributed by atoms with Crippen LogP contribution in [0.2, 0.25) is 5.02 Å². The highest BCUT2D eigenvalue weighted by molar-refractivity contribution is 6.31. The van der Waals surface area contributed by atoms with Crippen LogP contribution >= 0.6 is 11.6 Å². The number of carbonyl (C=O) groups excluding carboxylic acids is 2. The predicted molar refractivity (Wildman–Crippen MR) is 115 cm³/mol. The van der Waals surface area contributed by atoms with Crippen molar-refractivity contribution in [2.45, 2.75) is 25.4 Å². The van der Waals surface area contributed by atoms with Crippen molar-refractivity contribution in [3.8, 4) is 5.75 Å². The van der Waals surface area contributed by atoms with Crippen LogP contribution in [0.15, 0.2) is 48.5 Å². The lowest BCUT2D eigenvalue weighted by molar-refractivity contribution is -0.121. The Morgan fingerprint density at radius 1 is 1.20 bits per heavy atom. The molecule has 1 aromatic heterocycles. The van der Waals surface area contributed by atoms with Crippen molar-refractivity contribution < 1.29 is 14.3 Å². The lowest BCUT2D eigenvalue weighted by Crippen LogP contribution is -2.52. The summed E-state index contributed by atoms with van der Waals surface area (Å²) in [5, 5.41) is 1.57. The summed E-state index contributed by atoms with van der Waals surface area (Å²) in [7, 11) is 1.56. The van der Waals surface area contributed by atoms with Gasteiger partial charge in [-0.05, 0) is 37.1 Å². The molecule has 2 aromatic carbocycles. The van der Waals surface area contributed by atoms with Gasteiger partial charge in [-0.3, -0.25) is 9.59 Å². The second kappa shape index (κ2) is 6.99. The molecule has 0 saturated carbocycles. The molecule has 2 saturated heterocycles. The van der Waals surface area contributed by atoms with E-state index >= 15 is 0 Å². The molecule has 0 radical (unpaired) electrons. The maximum atomic E-state index is 13.2. The average Bonchev–Trinajstić information content (AvgIpc) is 3.33. The minimum atomic E-state index is -0.489. The molecule has 3 heterocycles. The molecule has 2 atom stereocenters. The van der Waals surface area contributed by atoms with Gasteiger partial charge in [0.1, 0.15) is 17.5 Å². The fourth-order valence-electron chi connectivity index (χ4n) is 4.45. The second-order valence-corrected chi connectivity index (χ2v) is 8.14. The summed E-state index contributed by atoms with van der Waals surface area (Å²) in [6, 6.07) is 14.3.